The fraction of sp³-hybridized carbons (Fsp3) is 0.0638. The topological polar surface area (TPSA) is 84.3 Å². The minimum absolute atomic E-state index is 0.392. The lowest BCUT2D eigenvalue weighted by Gasteiger charge is -2.25. The predicted molar refractivity (Wildman–Crippen MR) is 210 cm³/mol. The number of nitrogens with zero attached hydrogens (tertiary/aromatic N) is 4. The van der Waals surface area contributed by atoms with Gasteiger partial charge in [0, 0.05) is 16.7 Å². The molecule has 0 amide bonds. The van der Waals surface area contributed by atoms with Gasteiger partial charge in [-0.25, -0.2) is 9.98 Å². The van der Waals surface area contributed by atoms with Crippen molar-refractivity contribution in [2.45, 2.75) is 19.0 Å². The minimum Gasteiger partial charge on any atom is -0.344 e. The molecule has 2 aliphatic rings. The molecule has 1 aliphatic heterocycles. The van der Waals surface area contributed by atoms with Crippen molar-refractivity contribution in [3.05, 3.63) is 197 Å². The highest BCUT2D eigenvalue weighted by Gasteiger charge is 2.22. The molecule has 1 heterocycles. The first-order chi connectivity index (χ1) is 25.6. The van der Waals surface area contributed by atoms with E-state index in [4.69, 9.17) is 9.98 Å². The number of rotatable bonds is 7. The van der Waals surface area contributed by atoms with Crippen LogP contribution in [-0.2, 0) is 0 Å². The van der Waals surface area contributed by atoms with Gasteiger partial charge in [0.2, 0.25) is 0 Å². The zero-order valence-electron chi connectivity index (χ0n) is 28.4. The van der Waals surface area contributed by atoms with Crippen LogP contribution >= 0.6 is 0 Å². The van der Waals surface area contributed by atoms with E-state index in [1.165, 1.54) is 11.1 Å². The predicted octanol–water partition coefficient (Wildman–Crippen LogP) is 10.7. The number of nitrogens with one attached hydrogen (secondary N) is 1. The molecule has 1 unspecified atom stereocenters. The van der Waals surface area contributed by atoms with Crippen LogP contribution in [0.3, 0.4) is 0 Å². The fourth-order valence-corrected chi connectivity index (χ4v) is 6.69. The van der Waals surface area contributed by atoms with Gasteiger partial charge in [0.1, 0.15) is 12.0 Å². The van der Waals surface area contributed by atoms with Gasteiger partial charge in [-0.2, -0.15) is 10.5 Å². The Bertz CT molecular complexity index is 2480. The smallest absolute Gasteiger partial charge is 0.159 e. The molecule has 0 bridgehead atoms. The van der Waals surface area contributed by atoms with Gasteiger partial charge in [0.25, 0.3) is 0 Å². The van der Waals surface area contributed by atoms with Gasteiger partial charge >= 0.3 is 0 Å². The first-order valence-corrected chi connectivity index (χ1v) is 17.3. The lowest BCUT2D eigenvalue weighted by atomic mass is 9.91. The third kappa shape index (κ3) is 6.85. The van der Waals surface area contributed by atoms with Gasteiger partial charge in [0.05, 0.1) is 17.7 Å². The maximum Gasteiger partial charge on any atom is 0.159 e. The molecule has 1 N–H and O–H groups in total. The Kier molecular flexibility index (Phi) is 8.91. The number of nitriles is 2. The van der Waals surface area contributed by atoms with Crippen LogP contribution in [-0.4, -0.2) is 11.7 Å². The Labute approximate surface area is 303 Å². The Morgan fingerprint density at radius 2 is 1.08 bits per heavy atom. The van der Waals surface area contributed by atoms with E-state index in [1.807, 2.05) is 78.9 Å². The van der Waals surface area contributed by atoms with Gasteiger partial charge in [-0.05, 0) is 105 Å². The quantitative estimate of drug-likeness (QED) is 0.184. The molecule has 52 heavy (non-hydrogen) atoms. The van der Waals surface area contributed by atoms with Crippen LogP contribution < -0.4 is 5.32 Å². The molecule has 0 radical (unpaired) electrons. The summed E-state index contributed by atoms with van der Waals surface area (Å²) in [6.07, 6.45) is 5.23. The molecule has 0 aromatic heterocycles. The van der Waals surface area contributed by atoms with E-state index in [-0.39, 0.29) is 0 Å². The second-order valence-electron chi connectivity index (χ2n) is 12.9. The number of amidine groups is 2. The van der Waals surface area contributed by atoms with E-state index < -0.39 is 6.17 Å². The minimum atomic E-state index is -0.392. The van der Waals surface area contributed by atoms with Crippen LogP contribution in [0.5, 0.6) is 0 Å². The average molecular weight is 668 g/mol. The van der Waals surface area contributed by atoms with E-state index in [9.17, 15) is 10.5 Å². The molecule has 246 valence electrons. The van der Waals surface area contributed by atoms with E-state index in [2.05, 4.69) is 102 Å². The monoisotopic (exact) mass is 667 g/mol. The Hall–Kier alpha value is -7.08. The zero-order chi connectivity index (χ0) is 35.3. The molecule has 1 aliphatic carbocycles. The SMILES string of the molecule is N#CC1=CC=C(c2ccc(-c3cc(-c4cccc(-c5ccc(C#N)cc5)c4)cc(C4N=C(c5ccccc5)N=C(c5ccccc5)N4)c3)cc2)CC1. The molecular weight excluding hydrogens is 635 g/mol. The zero-order valence-corrected chi connectivity index (χ0v) is 28.4. The highest BCUT2D eigenvalue weighted by Crippen LogP contribution is 2.35. The lowest BCUT2D eigenvalue weighted by Crippen LogP contribution is -2.33. The molecule has 0 saturated carbocycles. The fourth-order valence-electron chi connectivity index (χ4n) is 6.69. The highest BCUT2D eigenvalue weighted by molar-refractivity contribution is 6.13. The van der Waals surface area contributed by atoms with Crippen LogP contribution in [0.4, 0.5) is 0 Å². The number of aliphatic imine (C=N–C) groups is 2. The summed E-state index contributed by atoms with van der Waals surface area (Å²) in [6, 6.07) is 56.4. The summed E-state index contributed by atoms with van der Waals surface area (Å²) in [5.74, 6) is 1.45. The normalized spacial score (nSPS) is 15.2. The largest absolute Gasteiger partial charge is 0.344 e. The third-order valence-corrected chi connectivity index (χ3v) is 9.52. The number of allylic oxidation sites excluding steroid dienone is 4. The summed E-state index contributed by atoms with van der Waals surface area (Å²) >= 11 is 0. The second kappa shape index (κ2) is 14.4. The maximum absolute atomic E-state index is 9.32. The highest BCUT2D eigenvalue weighted by atomic mass is 15.2. The van der Waals surface area contributed by atoms with Gasteiger partial charge in [-0.15, -0.1) is 0 Å². The van der Waals surface area contributed by atoms with Crippen LogP contribution in [0.25, 0.3) is 39.0 Å². The molecule has 0 spiro atoms. The lowest BCUT2D eigenvalue weighted by molar-refractivity contribution is 0.674. The number of hydrogen-bond acceptors (Lipinski definition) is 5. The molecule has 5 nitrogen and oxygen atoms in total. The molecule has 8 rings (SSSR count). The van der Waals surface area contributed by atoms with Crippen molar-refractivity contribution >= 4 is 17.2 Å². The van der Waals surface area contributed by atoms with Crippen molar-refractivity contribution in [3.8, 4) is 45.5 Å². The molecule has 0 fully saturated rings. The van der Waals surface area contributed by atoms with Crippen molar-refractivity contribution in [2.75, 3.05) is 0 Å². The van der Waals surface area contributed by atoms with Gasteiger partial charge in [-0.1, -0.05) is 121 Å². The summed E-state index contributed by atoms with van der Waals surface area (Å²) in [6.45, 7) is 0. The van der Waals surface area contributed by atoms with E-state index in [1.54, 1.807) is 0 Å². The van der Waals surface area contributed by atoms with Crippen molar-refractivity contribution in [3.63, 3.8) is 0 Å². The van der Waals surface area contributed by atoms with Crippen molar-refractivity contribution in [1.29, 1.82) is 10.5 Å². The molecular formula is C47H33N5. The van der Waals surface area contributed by atoms with Crippen molar-refractivity contribution in [2.24, 2.45) is 9.98 Å². The first kappa shape index (κ1) is 32.1. The summed E-state index contributed by atoms with van der Waals surface area (Å²) < 4.78 is 0. The van der Waals surface area contributed by atoms with E-state index >= 15 is 0 Å². The first-order valence-electron chi connectivity index (χ1n) is 17.3. The molecule has 0 saturated heterocycles. The summed E-state index contributed by atoms with van der Waals surface area (Å²) in [7, 11) is 0. The number of hydrogen-bond donors (Lipinski definition) is 1. The maximum atomic E-state index is 9.32. The van der Waals surface area contributed by atoms with Gasteiger partial charge in [-0.3, -0.25) is 0 Å². The van der Waals surface area contributed by atoms with Crippen molar-refractivity contribution < 1.29 is 0 Å². The van der Waals surface area contributed by atoms with Crippen LogP contribution in [0.2, 0.25) is 0 Å². The molecule has 5 heteroatoms. The summed E-state index contributed by atoms with van der Waals surface area (Å²) in [4.78, 5) is 10.2. The molecule has 1 atom stereocenters. The number of benzene rings is 6. The van der Waals surface area contributed by atoms with Crippen LogP contribution in [0.1, 0.15) is 46.8 Å². The van der Waals surface area contributed by atoms with Crippen molar-refractivity contribution in [1.82, 2.24) is 5.32 Å². The van der Waals surface area contributed by atoms with E-state index in [0.717, 1.165) is 74.3 Å². The second-order valence-corrected chi connectivity index (χ2v) is 12.9. The Morgan fingerprint density at radius 3 is 1.73 bits per heavy atom. The van der Waals surface area contributed by atoms with Crippen LogP contribution in [0.15, 0.2) is 179 Å². The van der Waals surface area contributed by atoms with Gasteiger partial charge in [0.15, 0.2) is 5.84 Å². The Morgan fingerprint density at radius 1 is 0.500 bits per heavy atom. The standard InChI is InChI=1S/C47H33N5/c48-30-32-14-18-34(19-15-32)35-22-24-37(25-23-35)42-27-43(41-13-7-12-40(26-41)36-20-16-33(31-49)17-21-36)29-44(28-42)47-51-45(38-8-3-1-4-9-38)50-46(52-47)39-10-5-2-6-11-39/h1-14,16-18,20-29,47H,15,19H2,(H,50,51,52). The van der Waals surface area contributed by atoms with Gasteiger partial charge < -0.3 is 5.32 Å². The molecule has 6 aromatic rings. The summed E-state index contributed by atoms with van der Waals surface area (Å²) in [5, 5.41) is 22.3. The van der Waals surface area contributed by atoms with Crippen LogP contribution in [0, 0.1) is 22.7 Å². The Balaban J connectivity index is 1.23. The third-order valence-electron chi connectivity index (χ3n) is 9.52. The average Bonchev–Trinajstić information content (AvgIpc) is 3.24. The molecule has 6 aromatic carbocycles. The van der Waals surface area contributed by atoms with E-state index in [0.29, 0.717) is 11.4 Å². The summed E-state index contributed by atoms with van der Waals surface area (Å²) in [5.41, 5.74) is 13.3.